The maximum Gasteiger partial charge on any atom is 0.255 e. The third-order valence-corrected chi connectivity index (χ3v) is 3.10. The van der Waals surface area contributed by atoms with Crippen LogP contribution in [0.5, 0.6) is 5.75 Å². The molecule has 5 nitrogen and oxygen atoms in total. The topological polar surface area (TPSA) is 77.2 Å². The zero-order valence-electron chi connectivity index (χ0n) is 12.0. The quantitative estimate of drug-likeness (QED) is 0.813. The highest BCUT2D eigenvalue weighted by molar-refractivity contribution is 5.75. The number of nitrogens with zero attached hydrogens (tertiary/aromatic N) is 1. The van der Waals surface area contributed by atoms with Crippen molar-refractivity contribution in [1.29, 1.82) is 0 Å². The minimum atomic E-state index is -0.481. The molecule has 0 fully saturated rings. The molecule has 2 aromatic rings. The molecule has 3 N–H and O–H groups in total. The van der Waals surface area contributed by atoms with E-state index in [1.165, 1.54) is 0 Å². The first-order valence-electron chi connectivity index (χ1n) is 6.78. The van der Waals surface area contributed by atoms with Crippen molar-refractivity contribution in [1.82, 2.24) is 10.3 Å². The first-order chi connectivity index (χ1) is 10.1. The molecule has 0 aliphatic rings. The predicted octanol–water partition coefficient (Wildman–Crippen LogP) is 1.80. The summed E-state index contributed by atoms with van der Waals surface area (Å²) < 4.78 is 5.21. The summed E-state index contributed by atoms with van der Waals surface area (Å²) in [4.78, 5) is 14.7. The number of carbonyl (C=O) groups excluding carboxylic acids is 1. The van der Waals surface area contributed by atoms with E-state index in [0.29, 0.717) is 5.75 Å². The molecule has 1 amide bonds. The van der Waals surface area contributed by atoms with Crippen LogP contribution in [0.1, 0.15) is 24.1 Å². The third kappa shape index (κ3) is 4.89. The molecular formula is C16H19N3O2. The molecule has 110 valence electrons. The van der Waals surface area contributed by atoms with Crippen molar-refractivity contribution in [2.45, 2.75) is 19.5 Å². The number of carbonyl (C=O) groups is 1. The number of rotatable bonds is 7. The van der Waals surface area contributed by atoms with Gasteiger partial charge in [-0.05, 0) is 36.2 Å². The Morgan fingerprint density at radius 3 is 2.71 bits per heavy atom. The van der Waals surface area contributed by atoms with Gasteiger partial charge in [0, 0.05) is 25.0 Å². The molecule has 0 aliphatic heterocycles. The Labute approximate surface area is 124 Å². The van der Waals surface area contributed by atoms with Crippen LogP contribution in [-0.2, 0) is 11.3 Å². The van der Waals surface area contributed by atoms with Crippen molar-refractivity contribution in [3.05, 3.63) is 59.9 Å². The smallest absolute Gasteiger partial charge is 0.255 e. The van der Waals surface area contributed by atoms with Crippen LogP contribution >= 0.6 is 0 Å². The highest BCUT2D eigenvalue weighted by Crippen LogP contribution is 2.14. The normalized spacial score (nSPS) is 11.9. The molecule has 0 saturated heterocycles. The summed E-state index contributed by atoms with van der Waals surface area (Å²) in [5.41, 5.74) is 7.32. The van der Waals surface area contributed by atoms with E-state index in [2.05, 4.69) is 17.2 Å². The number of nitrogens with two attached hydrogens (primary N) is 1. The number of primary amides is 1. The zero-order chi connectivity index (χ0) is 15.1. The van der Waals surface area contributed by atoms with Crippen molar-refractivity contribution in [3.8, 4) is 5.75 Å². The van der Waals surface area contributed by atoms with Gasteiger partial charge >= 0.3 is 0 Å². The van der Waals surface area contributed by atoms with Crippen LogP contribution in [0.3, 0.4) is 0 Å². The minimum Gasteiger partial charge on any atom is -0.484 e. The molecule has 1 aromatic heterocycles. The van der Waals surface area contributed by atoms with Gasteiger partial charge in [-0.3, -0.25) is 9.78 Å². The number of pyridine rings is 1. The fourth-order valence-corrected chi connectivity index (χ4v) is 1.88. The average Bonchev–Trinajstić information content (AvgIpc) is 2.52. The lowest BCUT2D eigenvalue weighted by atomic mass is 10.1. The van der Waals surface area contributed by atoms with Crippen LogP contribution in [0.4, 0.5) is 0 Å². The molecule has 1 atom stereocenters. The molecule has 2 rings (SSSR count). The van der Waals surface area contributed by atoms with E-state index in [-0.39, 0.29) is 12.6 Å². The highest BCUT2D eigenvalue weighted by Gasteiger charge is 2.04. The summed E-state index contributed by atoms with van der Waals surface area (Å²) in [5.74, 6) is 0.156. The summed E-state index contributed by atoms with van der Waals surface area (Å²) in [6.07, 6.45) is 3.62. The summed E-state index contributed by atoms with van der Waals surface area (Å²) >= 11 is 0. The highest BCUT2D eigenvalue weighted by atomic mass is 16.5. The minimum absolute atomic E-state index is 0.102. The lowest BCUT2D eigenvalue weighted by molar-refractivity contribution is -0.119. The SMILES string of the molecule is CC(NCc1ccc(OCC(N)=O)cc1)c1cccnc1. The van der Waals surface area contributed by atoms with Gasteiger partial charge in [-0.15, -0.1) is 0 Å². The summed E-state index contributed by atoms with van der Waals surface area (Å²) in [5, 5.41) is 3.43. The van der Waals surface area contributed by atoms with Crippen LogP contribution in [0.2, 0.25) is 0 Å². The fraction of sp³-hybridized carbons (Fsp3) is 0.250. The van der Waals surface area contributed by atoms with Crippen LogP contribution in [0.15, 0.2) is 48.8 Å². The Hall–Kier alpha value is -2.40. The Bertz CT molecular complexity index is 570. The molecule has 0 spiro atoms. The Morgan fingerprint density at radius 1 is 1.33 bits per heavy atom. The Morgan fingerprint density at radius 2 is 2.10 bits per heavy atom. The summed E-state index contributed by atoms with van der Waals surface area (Å²) in [7, 11) is 0. The van der Waals surface area contributed by atoms with Gasteiger partial charge in [-0.25, -0.2) is 0 Å². The second kappa shape index (κ2) is 7.40. The van der Waals surface area contributed by atoms with E-state index < -0.39 is 5.91 Å². The van der Waals surface area contributed by atoms with Gasteiger partial charge in [0.2, 0.25) is 0 Å². The van der Waals surface area contributed by atoms with Crippen molar-refractivity contribution >= 4 is 5.91 Å². The van der Waals surface area contributed by atoms with Crippen LogP contribution < -0.4 is 15.8 Å². The first kappa shape index (κ1) is 15.0. The average molecular weight is 285 g/mol. The summed E-state index contributed by atoms with van der Waals surface area (Å²) in [6, 6.07) is 11.8. The zero-order valence-corrected chi connectivity index (χ0v) is 12.0. The molecule has 0 aliphatic carbocycles. The van der Waals surface area contributed by atoms with Gasteiger partial charge in [0.15, 0.2) is 6.61 Å². The van der Waals surface area contributed by atoms with Gasteiger partial charge in [-0.1, -0.05) is 18.2 Å². The fourth-order valence-electron chi connectivity index (χ4n) is 1.88. The molecule has 5 heteroatoms. The Kier molecular flexibility index (Phi) is 5.29. The lowest BCUT2D eigenvalue weighted by Crippen LogP contribution is -2.20. The second-order valence-electron chi connectivity index (χ2n) is 4.79. The van der Waals surface area contributed by atoms with E-state index in [1.54, 1.807) is 6.20 Å². The molecular weight excluding hydrogens is 266 g/mol. The van der Waals surface area contributed by atoms with Gasteiger partial charge in [0.25, 0.3) is 5.91 Å². The van der Waals surface area contributed by atoms with E-state index >= 15 is 0 Å². The number of ether oxygens (including phenoxy) is 1. The second-order valence-corrected chi connectivity index (χ2v) is 4.79. The van der Waals surface area contributed by atoms with Gasteiger partial charge in [-0.2, -0.15) is 0 Å². The first-order valence-corrected chi connectivity index (χ1v) is 6.78. The van der Waals surface area contributed by atoms with E-state index in [4.69, 9.17) is 10.5 Å². The predicted molar refractivity (Wildman–Crippen MR) is 80.6 cm³/mol. The maximum absolute atomic E-state index is 10.6. The molecule has 1 heterocycles. The molecule has 0 radical (unpaired) electrons. The third-order valence-electron chi connectivity index (χ3n) is 3.10. The van der Waals surface area contributed by atoms with Gasteiger partial charge in [0.1, 0.15) is 5.75 Å². The number of benzene rings is 1. The molecule has 21 heavy (non-hydrogen) atoms. The van der Waals surface area contributed by atoms with E-state index in [9.17, 15) is 4.79 Å². The number of hydrogen-bond acceptors (Lipinski definition) is 4. The summed E-state index contributed by atoms with van der Waals surface area (Å²) in [6.45, 7) is 2.74. The number of amides is 1. The van der Waals surface area contributed by atoms with E-state index in [1.807, 2.05) is 42.6 Å². The van der Waals surface area contributed by atoms with Gasteiger partial charge < -0.3 is 15.8 Å². The van der Waals surface area contributed by atoms with Crippen molar-refractivity contribution in [3.63, 3.8) is 0 Å². The lowest BCUT2D eigenvalue weighted by Gasteiger charge is -2.14. The standard InChI is InChI=1S/C16H19N3O2/c1-12(14-3-2-8-18-10-14)19-9-13-4-6-15(7-5-13)21-11-16(17)20/h2-8,10,12,19H,9,11H2,1H3,(H2,17,20). The number of hydrogen-bond donors (Lipinski definition) is 2. The monoisotopic (exact) mass is 285 g/mol. The molecule has 1 aromatic carbocycles. The molecule has 0 saturated carbocycles. The maximum atomic E-state index is 10.6. The van der Waals surface area contributed by atoms with Gasteiger partial charge in [0.05, 0.1) is 0 Å². The van der Waals surface area contributed by atoms with Crippen molar-refractivity contribution < 1.29 is 9.53 Å². The number of nitrogens with one attached hydrogen (secondary N) is 1. The molecule has 0 bridgehead atoms. The van der Waals surface area contributed by atoms with Crippen molar-refractivity contribution in [2.24, 2.45) is 5.73 Å². The number of aromatic nitrogens is 1. The van der Waals surface area contributed by atoms with E-state index in [0.717, 1.165) is 17.7 Å². The largest absolute Gasteiger partial charge is 0.484 e. The van der Waals surface area contributed by atoms with Crippen molar-refractivity contribution in [2.75, 3.05) is 6.61 Å². The Balaban J connectivity index is 1.85. The van der Waals surface area contributed by atoms with Crippen LogP contribution in [-0.4, -0.2) is 17.5 Å². The van der Waals surface area contributed by atoms with Crippen LogP contribution in [0.25, 0.3) is 0 Å². The molecule has 1 unspecified atom stereocenters. The van der Waals surface area contributed by atoms with Crippen LogP contribution in [0, 0.1) is 0 Å².